The maximum absolute atomic E-state index is 12.4. The molecule has 0 saturated heterocycles. The van der Waals surface area contributed by atoms with Gasteiger partial charge in [-0.2, -0.15) is 8.78 Å². The molecule has 0 aliphatic carbocycles. The maximum Gasteiger partial charge on any atom is 0.339 e. The van der Waals surface area contributed by atoms with Crippen molar-refractivity contribution in [1.29, 1.82) is 0 Å². The van der Waals surface area contributed by atoms with E-state index in [0.29, 0.717) is 0 Å². The molecule has 0 radical (unpaired) electrons. The third-order valence-electron chi connectivity index (χ3n) is 2.59. The van der Waals surface area contributed by atoms with Crippen LogP contribution in [0.5, 0.6) is 0 Å². The average molecular weight is 346 g/mol. The number of ether oxygens (including phenoxy) is 1. The van der Waals surface area contributed by atoms with Gasteiger partial charge in [0.05, 0.1) is 12.1 Å². The number of esters is 1. The summed E-state index contributed by atoms with van der Waals surface area (Å²) < 4.78 is 29.6. The van der Waals surface area contributed by atoms with Crippen LogP contribution in [0.4, 0.5) is 8.78 Å². The summed E-state index contributed by atoms with van der Waals surface area (Å²) in [6, 6.07) is 5.72. The van der Waals surface area contributed by atoms with E-state index >= 15 is 0 Å². The Bertz CT molecular complexity index is 582. The monoisotopic (exact) mass is 346 g/mol. The van der Waals surface area contributed by atoms with Crippen LogP contribution in [0.15, 0.2) is 29.2 Å². The van der Waals surface area contributed by atoms with Crippen LogP contribution in [0.2, 0.25) is 0 Å². The zero-order valence-electron chi connectivity index (χ0n) is 12.5. The lowest BCUT2D eigenvalue weighted by atomic mass is 10.2. The van der Waals surface area contributed by atoms with Gasteiger partial charge in [0, 0.05) is 19.0 Å². The molecule has 0 bridgehead atoms. The lowest BCUT2D eigenvalue weighted by Crippen LogP contribution is -2.38. The van der Waals surface area contributed by atoms with Crippen LogP contribution >= 0.6 is 11.8 Å². The second-order valence-electron chi connectivity index (χ2n) is 4.52. The maximum atomic E-state index is 12.4. The Morgan fingerprint density at radius 2 is 1.91 bits per heavy atom. The van der Waals surface area contributed by atoms with E-state index in [-0.39, 0.29) is 34.7 Å². The number of carbonyl (C=O) groups is 3. The molecule has 1 aromatic rings. The standard InChI is InChI=1S/C14H16F2N2O4S/c1-18(2)12(20)7-17-11(19)8-22-13(21)9-5-3-4-6-10(9)23-14(15)16/h3-6,14H,7-8H2,1-2H3,(H,17,19). The summed E-state index contributed by atoms with van der Waals surface area (Å²) in [6.07, 6.45) is 0. The third kappa shape index (κ3) is 6.64. The minimum Gasteiger partial charge on any atom is -0.452 e. The Morgan fingerprint density at radius 1 is 1.26 bits per heavy atom. The van der Waals surface area contributed by atoms with Gasteiger partial charge in [-0.1, -0.05) is 23.9 Å². The number of thioether (sulfide) groups is 1. The molecule has 0 spiro atoms. The average Bonchev–Trinajstić information content (AvgIpc) is 2.50. The molecule has 0 fully saturated rings. The van der Waals surface area contributed by atoms with Crippen LogP contribution in [0.25, 0.3) is 0 Å². The highest BCUT2D eigenvalue weighted by Crippen LogP contribution is 2.28. The first kappa shape index (κ1) is 18.9. The topological polar surface area (TPSA) is 75.7 Å². The Balaban J connectivity index is 2.54. The van der Waals surface area contributed by atoms with Crippen molar-refractivity contribution in [2.45, 2.75) is 10.7 Å². The van der Waals surface area contributed by atoms with Gasteiger partial charge in [0.1, 0.15) is 0 Å². The van der Waals surface area contributed by atoms with E-state index < -0.39 is 24.2 Å². The zero-order valence-corrected chi connectivity index (χ0v) is 13.4. The summed E-state index contributed by atoms with van der Waals surface area (Å²) in [4.78, 5) is 36.0. The number of likely N-dealkylation sites (N-methyl/N-ethyl adjacent to an activating group) is 1. The fraction of sp³-hybridized carbons (Fsp3) is 0.357. The Morgan fingerprint density at radius 3 is 2.52 bits per heavy atom. The Labute approximate surface area is 136 Å². The fourth-order valence-electron chi connectivity index (χ4n) is 1.43. The number of hydrogen-bond acceptors (Lipinski definition) is 5. The van der Waals surface area contributed by atoms with Crippen LogP contribution in [0.1, 0.15) is 10.4 Å². The van der Waals surface area contributed by atoms with Crippen LogP contribution in [-0.2, 0) is 14.3 Å². The quantitative estimate of drug-likeness (QED) is 0.596. The fourth-order valence-corrected chi connectivity index (χ4v) is 2.05. The molecular weight excluding hydrogens is 330 g/mol. The van der Waals surface area contributed by atoms with Crippen LogP contribution in [-0.4, -0.2) is 55.7 Å². The molecule has 0 atom stereocenters. The number of nitrogens with one attached hydrogen (secondary N) is 1. The van der Waals surface area contributed by atoms with Crippen molar-refractivity contribution in [2.75, 3.05) is 27.2 Å². The van der Waals surface area contributed by atoms with Crippen molar-refractivity contribution >= 4 is 29.5 Å². The largest absolute Gasteiger partial charge is 0.452 e. The minimum atomic E-state index is -2.68. The predicted octanol–water partition coefficient (Wildman–Crippen LogP) is 1.36. The second kappa shape index (κ2) is 9.09. The molecule has 0 aromatic heterocycles. The van der Waals surface area contributed by atoms with Crippen LogP contribution in [0, 0.1) is 0 Å². The lowest BCUT2D eigenvalue weighted by Gasteiger charge is -2.11. The first-order valence-electron chi connectivity index (χ1n) is 6.49. The number of amides is 2. The number of nitrogens with zero attached hydrogens (tertiary/aromatic N) is 1. The van der Waals surface area contributed by atoms with Crippen molar-refractivity contribution in [3.8, 4) is 0 Å². The van der Waals surface area contributed by atoms with E-state index in [0.717, 1.165) is 0 Å². The molecule has 6 nitrogen and oxygen atoms in total. The number of rotatable bonds is 7. The number of benzene rings is 1. The second-order valence-corrected chi connectivity index (χ2v) is 5.55. The van der Waals surface area contributed by atoms with E-state index in [1.54, 1.807) is 0 Å². The van der Waals surface area contributed by atoms with E-state index in [2.05, 4.69) is 5.32 Å². The summed E-state index contributed by atoms with van der Waals surface area (Å²) in [5.74, 6) is -4.54. The first-order valence-corrected chi connectivity index (χ1v) is 7.37. The van der Waals surface area contributed by atoms with Gasteiger partial charge in [-0.25, -0.2) is 4.79 Å². The number of alkyl halides is 2. The van der Waals surface area contributed by atoms with Gasteiger partial charge in [0.2, 0.25) is 5.91 Å². The highest BCUT2D eigenvalue weighted by Gasteiger charge is 2.17. The van der Waals surface area contributed by atoms with Gasteiger partial charge in [-0.3, -0.25) is 9.59 Å². The normalized spacial score (nSPS) is 10.3. The van der Waals surface area contributed by atoms with E-state index in [9.17, 15) is 23.2 Å². The van der Waals surface area contributed by atoms with Gasteiger partial charge in [-0.05, 0) is 12.1 Å². The summed E-state index contributed by atoms with van der Waals surface area (Å²) in [7, 11) is 3.07. The molecule has 126 valence electrons. The lowest BCUT2D eigenvalue weighted by molar-refractivity contribution is -0.131. The molecule has 0 unspecified atom stereocenters. The van der Waals surface area contributed by atoms with Crippen molar-refractivity contribution in [2.24, 2.45) is 0 Å². The molecule has 9 heteroatoms. The van der Waals surface area contributed by atoms with Crippen LogP contribution in [0.3, 0.4) is 0 Å². The molecule has 1 aromatic carbocycles. The van der Waals surface area contributed by atoms with Gasteiger partial charge in [-0.15, -0.1) is 0 Å². The molecule has 23 heavy (non-hydrogen) atoms. The Hall–Kier alpha value is -2.16. The van der Waals surface area contributed by atoms with Crippen molar-refractivity contribution < 1.29 is 27.9 Å². The molecule has 2 amide bonds. The molecule has 1 rings (SSSR count). The predicted molar refractivity (Wildman–Crippen MR) is 80.3 cm³/mol. The molecule has 0 aliphatic heterocycles. The summed E-state index contributed by atoms with van der Waals surface area (Å²) in [5, 5.41) is 2.28. The number of halogens is 2. The van der Waals surface area contributed by atoms with Gasteiger partial charge >= 0.3 is 5.97 Å². The summed E-state index contributed by atoms with van der Waals surface area (Å²) in [6.45, 7) is -0.825. The zero-order chi connectivity index (χ0) is 17.4. The van der Waals surface area contributed by atoms with E-state index in [1.807, 2.05) is 0 Å². The molecule has 0 saturated carbocycles. The Kier molecular flexibility index (Phi) is 7.46. The van der Waals surface area contributed by atoms with Gasteiger partial charge < -0.3 is 15.0 Å². The van der Waals surface area contributed by atoms with E-state index in [1.165, 1.54) is 43.3 Å². The first-order chi connectivity index (χ1) is 10.8. The van der Waals surface area contributed by atoms with E-state index in [4.69, 9.17) is 4.74 Å². The molecular formula is C14H16F2N2O4S. The van der Waals surface area contributed by atoms with Crippen molar-refractivity contribution in [3.05, 3.63) is 29.8 Å². The third-order valence-corrected chi connectivity index (χ3v) is 3.38. The van der Waals surface area contributed by atoms with Crippen molar-refractivity contribution in [1.82, 2.24) is 10.2 Å². The smallest absolute Gasteiger partial charge is 0.339 e. The SMILES string of the molecule is CN(C)C(=O)CNC(=O)COC(=O)c1ccccc1SC(F)F. The highest BCUT2D eigenvalue weighted by molar-refractivity contribution is 7.99. The number of hydrogen-bond donors (Lipinski definition) is 1. The van der Waals surface area contributed by atoms with Gasteiger partial charge in [0.25, 0.3) is 11.7 Å². The molecule has 0 aliphatic rings. The minimum absolute atomic E-state index is 0.0463. The molecule has 1 N–H and O–H groups in total. The summed E-state index contributed by atoms with van der Waals surface area (Å²) in [5.41, 5.74) is -0.0463. The van der Waals surface area contributed by atoms with Crippen LogP contribution < -0.4 is 5.32 Å². The van der Waals surface area contributed by atoms with Crippen molar-refractivity contribution in [3.63, 3.8) is 0 Å². The summed E-state index contributed by atoms with van der Waals surface area (Å²) >= 11 is 0.220. The number of carbonyl (C=O) groups excluding carboxylic acids is 3. The van der Waals surface area contributed by atoms with Gasteiger partial charge in [0.15, 0.2) is 6.61 Å². The highest BCUT2D eigenvalue weighted by atomic mass is 32.2. The molecule has 0 heterocycles.